The molecule has 0 atom stereocenters. The van der Waals surface area contributed by atoms with Crippen molar-refractivity contribution >= 4 is 5.91 Å². The molecule has 0 heterocycles. The molecule has 1 amide bonds. The predicted molar refractivity (Wildman–Crippen MR) is 76.5 cm³/mol. The van der Waals surface area contributed by atoms with Gasteiger partial charge < -0.3 is 10.2 Å². The van der Waals surface area contributed by atoms with Gasteiger partial charge in [0.1, 0.15) is 0 Å². The van der Waals surface area contributed by atoms with Crippen LogP contribution in [0.3, 0.4) is 0 Å². The lowest BCUT2D eigenvalue weighted by Gasteiger charge is -2.28. The summed E-state index contributed by atoms with van der Waals surface area (Å²) < 4.78 is 0. The van der Waals surface area contributed by atoms with Crippen LogP contribution in [0.1, 0.15) is 52.9 Å². The van der Waals surface area contributed by atoms with E-state index in [1.54, 1.807) is 0 Å². The number of nitrogens with one attached hydrogen (secondary N) is 1. The van der Waals surface area contributed by atoms with Gasteiger partial charge in [-0.2, -0.15) is 0 Å². The van der Waals surface area contributed by atoms with Crippen molar-refractivity contribution in [1.82, 2.24) is 10.2 Å². The summed E-state index contributed by atoms with van der Waals surface area (Å²) in [5.41, 5.74) is 0. The van der Waals surface area contributed by atoms with Crippen LogP contribution in [0.5, 0.6) is 0 Å². The fourth-order valence-corrected chi connectivity index (χ4v) is 2.92. The first-order valence-corrected chi connectivity index (χ1v) is 7.69. The van der Waals surface area contributed by atoms with E-state index in [9.17, 15) is 4.79 Å². The third-order valence-electron chi connectivity index (χ3n) is 4.37. The lowest BCUT2D eigenvalue weighted by Crippen LogP contribution is -2.39. The van der Waals surface area contributed by atoms with Crippen LogP contribution in [0.25, 0.3) is 0 Å². The number of carbonyl (C=O) groups excluding carboxylic acids is 1. The molecule has 1 N–H and O–H groups in total. The van der Waals surface area contributed by atoms with E-state index in [1.807, 2.05) is 18.7 Å². The summed E-state index contributed by atoms with van der Waals surface area (Å²) in [4.78, 5) is 13.7. The highest BCUT2D eigenvalue weighted by molar-refractivity contribution is 5.78. The maximum atomic E-state index is 11.8. The molecule has 3 heteroatoms. The molecule has 0 aromatic carbocycles. The second kappa shape index (κ2) is 8.52. The van der Waals surface area contributed by atoms with E-state index in [1.165, 1.54) is 32.1 Å². The van der Waals surface area contributed by atoms with Gasteiger partial charge >= 0.3 is 0 Å². The van der Waals surface area contributed by atoms with Crippen LogP contribution in [0.4, 0.5) is 0 Å². The van der Waals surface area contributed by atoms with Gasteiger partial charge in [0.15, 0.2) is 0 Å². The van der Waals surface area contributed by atoms with Gasteiger partial charge in [-0.25, -0.2) is 0 Å². The number of carbonyl (C=O) groups is 1. The number of hydrogen-bond acceptors (Lipinski definition) is 2. The summed E-state index contributed by atoms with van der Waals surface area (Å²) in [5, 5.41) is 3.35. The van der Waals surface area contributed by atoms with E-state index in [2.05, 4.69) is 12.2 Å². The van der Waals surface area contributed by atoms with E-state index in [0.29, 0.717) is 6.54 Å². The molecule has 0 bridgehead atoms. The highest BCUT2D eigenvalue weighted by atomic mass is 16.2. The van der Waals surface area contributed by atoms with Crippen molar-refractivity contribution in [2.24, 2.45) is 11.8 Å². The van der Waals surface area contributed by atoms with Gasteiger partial charge in [0.2, 0.25) is 5.91 Å². The third kappa shape index (κ3) is 4.97. The zero-order valence-corrected chi connectivity index (χ0v) is 12.4. The van der Waals surface area contributed by atoms with Crippen molar-refractivity contribution in [2.45, 2.75) is 52.9 Å². The standard InChI is InChI=1S/C15H30N2O/c1-4-13-7-9-14(10-8-13)11-16-12-15(18)17(5-2)6-3/h13-14,16H,4-12H2,1-3H3. The molecule has 0 saturated heterocycles. The van der Waals surface area contributed by atoms with Gasteiger partial charge in [0, 0.05) is 13.1 Å². The van der Waals surface area contributed by atoms with E-state index in [-0.39, 0.29) is 5.91 Å². The summed E-state index contributed by atoms with van der Waals surface area (Å²) in [6, 6.07) is 0. The quantitative estimate of drug-likeness (QED) is 0.757. The topological polar surface area (TPSA) is 32.3 Å². The predicted octanol–water partition coefficient (Wildman–Crippen LogP) is 2.66. The van der Waals surface area contributed by atoms with E-state index in [0.717, 1.165) is 31.5 Å². The normalized spacial score (nSPS) is 23.9. The summed E-state index contributed by atoms with van der Waals surface area (Å²) in [6.45, 7) is 9.53. The summed E-state index contributed by atoms with van der Waals surface area (Å²) >= 11 is 0. The van der Waals surface area contributed by atoms with Crippen LogP contribution in [-0.2, 0) is 4.79 Å². The summed E-state index contributed by atoms with van der Waals surface area (Å²) in [7, 11) is 0. The van der Waals surface area contributed by atoms with Gasteiger partial charge in [-0.3, -0.25) is 4.79 Å². The minimum atomic E-state index is 0.238. The summed E-state index contributed by atoms with van der Waals surface area (Å²) in [5.74, 6) is 1.98. The Balaban J connectivity index is 2.13. The van der Waals surface area contributed by atoms with Crippen LogP contribution in [-0.4, -0.2) is 37.0 Å². The van der Waals surface area contributed by atoms with Crippen molar-refractivity contribution in [3.05, 3.63) is 0 Å². The molecule has 0 aromatic rings. The van der Waals surface area contributed by atoms with E-state index in [4.69, 9.17) is 0 Å². The van der Waals surface area contributed by atoms with Gasteiger partial charge in [-0.05, 0) is 45.1 Å². The molecule has 0 unspecified atom stereocenters. The summed E-state index contributed by atoms with van der Waals surface area (Å²) in [6.07, 6.45) is 6.77. The maximum absolute atomic E-state index is 11.8. The van der Waals surface area contributed by atoms with Crippen LogP contribution in [0.15, 0.2) is 0 Å². The molecule has 3 nitrogen and oxygen atoms in total. The molecule has 18 heavy (non-hydrogen) atoms. The second-order valence-electron chi connectivity index (χ2n) is 5.49. The van der Waals surface area contributed by atoms with Crippen molar-refractivity contribution in [3.63, 3.8) is 0 Å². The molecule has 0 aliphatic heterocycles. The SMILES string of the molecule is CCC1CCC(CNCC(=O)N(CC)CC)CC1. The first-order chi connectivity index (χ1) is 8.71. The van der Waals surface area contributed by atoms with E-state index >= 15 is 0 Å². The number of hydrogen-bond donors (Lipinski definition) is 1. The molecular formula is C15H30N2O. The number of rotatable bonds is 7. The Kier molecular flexibility index (Phi) is 7.33. The van der Waals surface area contributed by atoms with Gasteiger partial charge in [0.05, 0.1) is 6.54 Å². The third-order valence-corrected chi connectivity index (χ3v) is 4.37. The van der Waals surface area contributed by atoms with Crippen molar-refractivity contribution in [2.75, 3.05) is 26.2 Å². The van der Waals surface area contributed by atoms with Crippen LogP contribution in [0, 0.1) is 11.8 Å². The molecule has 1 aliphatic rings. The van der Waals surface area contributed by atoms with Crippen LogP contribution >= 0.6 is 0 Å². The second-order valence-corrected chi connectivity index (χ2v) is 5.49. The average Bonchev–Trinajstić information content (AvgIpc) is 2.41. The Bertz CT molecular complexity index is 231. The molecule has 1 saturated carbocycles. The fourth-order valence-electron chi connectivity index (χ4n) is 2.92. The monoisotopic (exact) mass is 254 g/mol. The molecule has 0 aromatic heterocycles. The number of likely N-dealkylation sites (N-methyl/N-ethyl adjacent to an activating group) is 1. The molecule has 1 rings (SSSR count). The molecule has 0 radical (unpaired) electrons. The Morgan fingerprint density at radius 2 is 1.61 bits per heavy atom. The highest BCUT2D eigenvalue weighted by Gasteiger charge is 2.19. The van der Waals surface area contributed by atoms with Gasteiger partial charge in [-0.15, -0.1) is 0 Å². The number of nitrogens with zero attached hydrogens (tertiary/aromatic N) is 1. The fraction of sp³-hybridized carbons (Fsp3) is 0.933. The zero-order chi connectivity index (χ0) is 13.4. The Hall–Kier alpha value is -0.570. The lowest BCUT2D eigenvalue weighted by molar-refractivity contribution is -0.129. The first kappa shape index (κ1) is 15.5. The molecule has 0 spiro atoms. The first-order valence-electron chi connectivity index (χ1n) is 7.69. The zero-order valence-electron chi connectivity index (χ0n) is 12.4. The minimum Gasteiger partial charge on any atom is -0.342 e. The smallest absolute Gasteiger partial charge is 0.236 e. The van der Waals surface area contributed by atoms with Crippen molar-refractivity contribution in [3.8, 4) is 0 Å². The Labute approximate surface area is 112 Å². The van der Waals surface area contributed by atoms with Gasteiger partial charge in [0.25, 0.3) is 0 Å². The minimum absolute atomic E-state index is 0.238. The van der Waals surface area contributed by atoms with Crippen LogP contribution in [0.2, 0.25) is 0 Å². The maximum Gasteiger partial charge on any atom is 0.236 e. The Morgan fingerprint density at radius 1 is 1.06 bits per heavy atom. The molecule has 106 valence electrons. The van der Waals surface area contributed by atoms with Crippen molar-refractivity contribution < 1.29 is 4.79 Å². The highest BCUT2D eigenvalue weighted by Crippen LogP contribution is 2.29. The largest absolute Gasteiger partial charge is 0.342 e. The molecule has 1 aliphatic carbocycles. The number of amides is 1. The molecule has 1 fully saturated rings. The van der Waals surface area contributed by atoms with Crippen LogP contribution < -0.4 is 5.32 Å². The van der Waals surface area contributed by atoms with E-state index < -0.39 is 0 Å². The Morgan fingerprint density at radius 3 is 2.11 bits per heavy atom. The van der Waals surface area contributed by atoms with Crippen molar-refractivity contribution in [1.29, 1.82) is 0 Å². The lowest BCUT2D eigenvalue weighted by atomic mass is 9.81. The van der Waals surface area contributed by atoms with Gasteiger partial charge in [-0.1, -0.05) is 26.2 Å². The molecular weight excluding hydrogens is 224 g/mol. The average molecular weight is 254 g/mol.